The van der Waals surface area contributed by atoms with Crippen LogP contribution in [-0.2, 0) is 16.1 Å². The van der Waals surface area contributed by atoms with Gasteiger partial charge in [-0.2, -0.15) is 5.26 Å². The van der Waals surface area contributed by atoms with Crippen LogP contribution < -0.4 is 0 Å². The number of hydrogen-bond acceptors (Lipinski definition) is 3. The summed E-state index contributed by atoms with van der Waals surface area (Å²) in [5, 5.41) is 8.89. The van der Waals surface area contributed by atoms with Crippen molar-refractivity contribution in [3.05, 3.63) is 35.9 Å². The zero-order valence-electron chi connectivity index (χ0n) is 10.2. The van der Waals surface area contributed by atoms with Gasteiger partial charge in [0.2, 0.25) is 0 Å². The molecule has 0 aliphatic heterocycles. The second-order valence-corrected chi connectivity index (χ2v) is 4.40. The summed E-state index contributed by atoms with van der Waals surface area (Å²) in [7, 11) is 0. The molecule has 0 N–H and O–H groups in total. The van der Waals surface area contributed by atoms with Crippen LogP contribution in [0.4, 0.5) is 0 Å². The van der Waals surface area contributed by atoms with E-state index in [9.17, 15) is 4.79 Å². The standard InChI is InChI=1S/C14H17NO2/c1-11(2)8-13(9-15)14(16)17-10-12-6-4-3-5-7-12/h3-7,11,13H,8,10H2,1-2H3. The van der Waals surface area contributed by atoms with Crippen molar-refractivity contribution in [2.75, 3.05) is 0 Å². The minimum absolute atomic E-state index is 0.232. The van der Waals surface area contributed by atoms with Crippen LogP contribution in [0.1, 0.15) is 25.8 Å². The van der Waals surface area contributed by atoms with Crippen LogP contribution in [0, 0.1) is 23.2 Å². The predicted molar refractivity (Wildman–Crippen MR) is 64.8 cm³/mol. The molecule has 1 aromatic rings. The van der Waals surface area contributed by atoms with Gasteiger partial charge in [0.25, 0.3) is 0 Å². The number of esters is 1. The van der Waals surface area contributed by atoms with Crippen molar-refractivity contribution in [3.63, 3.8) is 0 Å². The third kappa shape index (κ3) is 4.69. The number of rotatable bonds is 5. The lowest BCUT2D eigenvalue weighted by atomic mass is 9.99. The smallest absolute Gasteiger partial charge is 0.323 e. The lowest BCUT2D eigenvalue weighted by Crippen LogP contribution is -2.18. The van der Waals surface area contributed by atoms with Crippen molar-refractivity contribution in [1.82, 2.24) is 0 Å². The summed E-state index contributed by atoms with van der Waals surface area (Å²) < 4.78 is 5.12. The van der Waals surface area contributed by atoms with E-state index in [1.165, 1.54) is 0 Å². The fourth-order valence-corrected chi connectivity index (χ4v) is 1.50. The summed E-state index contributed by atoms with van der Waals surface area (Å²) in [5.74, 6) is -0.771. The van der Waals surface area contributed by atoms with Gasteiger partial charge in [-0.25, -0.2) is 0 Å². The first-order valence-electron chi connectivity index (χ1n) is 5.73. The van der Waals surface area contributed by atoms with E-state index in [1.807, 2.05) is 50.2 Å². The number of nitriles is 1. The lowest BCUT2D eigenvalue weighted by Gasteiger charge is -2.11. The molecule has 90 valence electrons. The van der Waals surface area contributed by atoms with Crippen LogP contribution in [0.5, 0.6) is 0 Å². The Morgan fingerprint density at radius 3 is 2.53 bits per heavy atom. The molecular weight excluding hydrogens is 214 g/mol. The molecule has 0 saturated carbocycles. The van der Waals surface area contributed by atoms with Crippen molar-refractivity contribution >= 4 is 5.97 Å². The Balaban J connectivity index is 2.46. The SMILES string of the molecule is CC(C)CC(C#N)C(=O)OCc1ccccc1. The van der Waals surface area contributed by atoms with E-state index in [0.29, 0.717) is 12.3 Å². The van der Waals surface area contributed by atoms with Gasteiger partial charge in [-0.05, 0) is 17.9 Å². The molecule has 1 atom stereocenters. The molecule has 0 heterocycles. The van der Waals surface area contributed by atoms with Gasteiger partial charge in [0.05, 0.1) is 6.07 Å². The van der Waals surface area contributed by atoms with Gasteiger partial charge < -0.3 is 4.74 Å². The van der Waals surface area contributed by atoms with Gasteiger partial charge in [-0.15, -0.1) is 0 Å². The molecule has 0 aromatic heterocycles. The second kappa shape index (κ2) is 6.70. The van der Waals surface area contributed by atoms with Crippen molar-refractivity contribution in [2.24, 2.45) is 11.8 Å². The molecule has 0 amide bonds. The van der Waals surface area contributed by atoms with E-state index in [4.69, 9.17) is 10.00 Å². The highest BCUT2D eigenvalue weighted by Gasteiger charge is 2.20. The summed E-state index contributed by atoms with van der Waals surface area (Å²) in [4.78, 5) is 11.6. The molecule has 0 aliphatic carbocycles. The molecular formula is C14H17NO2. The maximum atomic E-state index is 11.6. The minimum atomic E-state index is -0.654. The zero-order valence-corrected chi connectivity index (χ0v) is 10.2. The monoisotopic (exact) mass is 231 g/mol. The Kier molecular flexibility index (Phi) is 5.22. The van der Waals surface area contributed by atoms with E-state index < -0.39 is 11.9 Å². The lowest BCUT2D eigenvalue weighted by molar-refractivity contribution is -0.148. The molecule has 1 unspecified atom stereocenters. The minimum Gasteiger partial charge on any atom is -0.460 e. The van der Waals surface area contributed by atoms with Crippen molar-refractivity contribution in [3.8, 4) is 6.07 Å². The highest BCUT2D eigenvalue weighted by atomic mass is 16.5. The van der Waals surface area contributed by atoms with Crippen molar-refractivity contribution < 1.29 is 9.53 Å². The Bertz CT molecular complexity index is 392. The summed E-state index contributed by atoms with van der Waals surface area (Å²) in [6.07, 6.45) is 0.546. The van der Waals surface area contributed by atoms with Gasteiger partial charge in [0.15, 0.2) is 0 Å². The van der Waals surface area contributed by atoms with Crippen molar-refractivity contribution in [1.29, 1.82) is 5.26 Å². The van der Waals surface area contributed by atoms with Crippen LogP contribution in [0.3, 0.4) is 0 Å². The van der Waals surface area contributed by atoms with E-state index in [2.05, 4.69) is 0 Å². The number of benzene rings is 1. The molecule has 1 rings (SSSR count). The molecule has 0 saturated heterocycles. The molecule has 3 heteroatoms. The van der Waals surface area contributed by atoms with E-state index in [-0.39, 0.29) is 6.61 Å². The molecule has 17 heavy (non-hydrogen) atoms. The third-order valence-electron chi connectivity index (χ3n) is 2.37. The molecule has 0 fully saturated rings. The number of hydrogen-bond donors (Lipinski definition) is 0. The second-order valence-electron chi connectivity index (χ2n) is 4.40. The van der Waals surface area contributed by atoms with E-state index in [1.54, 1.807) is 0 Å². The first kappa shape index (κ1) is 13.2. The Labute approximate surface area is 102 Å². The van der Waals surface area contributed by atoms with Gasteiger partial charge >= 0.3 is 5.97 Å². The average molecular weight is 231 g/mol. The van der Waals surface area contributed by atoms with Crippen LogP contribution in [0.25, 0.3) is 0 Å². The number of nitrogens with zero attached hydrogens (tertiary/aromatic N) is 1. The largest absolute Gasteiger partial charge is 0.460 e. The normalized spacial score (nSPS) is 11.9. The summed E-state index contributed by atoms with van der Waals surface area (Å²) in [5.41, 5.74) is 0.932. The van der Waals surface area contributed by atoms with Gasteiger partial charge in [0, 0.05) is 0 Å². The number of carbonyl (C=O) groups excluding carboxylic acids is 1. The fourth-order valence-electron chi connectivity index (χ4n) is 1.50. The average Bonchev–Trinajstić information content (AvgIpc) is 2.34. The van der Waals surface area contributed by atoms with Gasteiger partial charge in [-0.1, -0.05) is 44.2 Å². The summed E-state index contributed by atoms with van der Waals surface area (Å²) >= 11 is 0. The van der Waals surface area contributed by atoms with Crippen LogP contribution in [0.15, 0.2) is 30.3 Å². The maximum Gasteiger partial charge on any atom is 0.323 e. The molecule has 0 spiro atoms. The molecule has 0 radical (unpaired) electrons. The summed E-state index contributed by atoms with van der Waals surface area (Å²) in [6, 6.07) is 11.4. The van der Waals surface area contributed by atoms with Crippen molar-refractivity contribution in [2.45, 2.75) is 26.9 Å². The first-order chi connectivity index (χ1) is 8.13. The molecule has 3 nitrogen and oxygen atoms in total. The number of ether oxygens (including phenoxy) is 1. The fraction of sp³-hybridized carbons (Fsp3) is 0.429. The van der Waals surface area contributed by atoms with Gasteiger partial charge in [0.1, 0.15) is 12.5 Å². The molecule has 0 bridgehead atoms. The Morgan fingerprint density at radius 2 is 2.00 bits per heavy atom. The maximum absolute atomic E-state index is 11.6. The van der Waals surface area contributed by atoms with Crippen LogP contribution >= 0.6 is 0 Å². The van der Waals surface area contributed by atoms with E-state index >= 15 is 0 Å². The highest BCUT2D eigenvalue weighted by Crippen LogP contribution is 2.13. The van der Waals surface area contributed by atoms with E-state index in [0.717, 1.165) is 5.56 Å². The predicted octanol–water partition coefficient (Wildman–Crippen LogP) is 2.92. The Morgan fingerprint density at radius 1 is 1.35 bits per heavy atom. The highest BCUT2D eigenvalue weighted by molar-refractivity contribution is 5.75. The third-order valence-corrected chi connectivity index (χ3v) is 2.37. The summed E-state index contributed by atoms with van der Waals surface area (Å²) in [6.45, 7) is 4.19. The van der Waals surface area contributed by atoms with Crippen LogP contribution in [-0.4, -0.2) is 5.97 Å². The Hall–Kier alpha value is -1.82. The molecule has 0 aliphatic rings. The first-order valence-corrected chi connectivity index (χ1v) is 5.73. The topological polar surface area (TPSA) is 50.1 Å². The zero-order chi connectivity index (χ0) is 12.7. The van der Waals surface area contributed by atoms with Crippen LogP contribution in [0.2, 0.25) is 0 Å². The van der Waals surface area contributed by atoms with Gasteiger partial charge in [-0.3, -0.25) is 4.79 Å². The molecule has 1 aromatic carbocycles. The quantitative estimate of drug-likeness (QED) is 0.732. The number of carbonyl (C=O) groups is 1.